The van der Waals surface area contributed by atoms with Crippen molar-refractivity contribution in [2.75, 3.05) is 5.32 Å². The largest absolute Gasteiger partial charge is 0.339 e. The van der Waals surface area contributed by atoms with E-state index >= 15 is 0 Å². The molecule has 0 radical (unpaired) electrons. The molecule has 28 heavy (non-hydrogen) atoms. The molecule has 0 aliphatic rings. The molecule has 0 saturated carbocycles. The Kier molecular flexibility index (Phi) is 5.06. The molecule has 2 aromatic carbocycles. The van der Waals surface area contributed by atoms with E-state index in [9.17, 15) is 0 Å². The van der Waals surface area contributed by atoms with Crippen molar-refractivity contribution in [2.45, 2.75) is 40.0 Å². The van der Waals surface area contributed by atoms with Crippen molar-refractivity contribution in [1.29, 1.82) is 0 Å². The Hall–Kier alpha value is -3.21. The molecular weight excluding hydrogens is 346 g/mol. The highest BCUT2D eigenvalue weighted by atomic mass is 15.3. The summed E-state index contributed by atoms with van der Waals surface area (Å²) in [6.45, 7) is 6.44. The van der Waals surface area contributed by atoms with Gasteiger partial charge in [0.05, 0.1) is 17.3 Å². The van der Waals surface area contributed by atoms with Gasteiger partial charge in [-0.3, -0.25) is 0 Å². The van der Waals surface area contributed by atoms with Gasteiger partial charge in [0, 0.05) is 12.1 Å². The minimum atomic E-state index is 0.765. The lowest BCUT2D eigenvalue weighted by Crippen LogP contribution is -2.06. The number of hydrogen-bond donors (Lipinski definition) is 1. The van der Waals surface area contributed by atoms with E-state index in [1.807, 2.05) is 41.2 Å². The normalized spacial score (nSPS) is 11.1. The van der Waals surface area contributed by atoms with Crippen LogP contribution in [0.1, 0.15) is 37.7 Å². The summed E-state index contributed by atoms with van der Waals surface area (Å²) in [5.74, 6) is 1.62. The first-order chi connectivity index (χ1) is 13.7. The molecule has 0 unspecified atom stereocenters. The average molecular weight is 371 g/mol. The van der Waals surface area contributed by atoms with Crippen LogP contribution in [0.2, 0.25) is 0 Å². The summed E-state index contributed by atoms with van der Waals surface area (Å²) in [4.78, 5) is 9.56. The molecular formula is C23H25N5. The number of aryl methyl sites for hydroxylation is 3. The molecule has 0 aliphatic heterocycles. The Balaban J connectivity index is 1.88. The maximum absolute atomic E-state index is 4.80. The van der Waals surface area contributed by atoms with Gasteiger partial charge in [0.2, 0.25) is 0 Å². The van der Waals surface area contributed by atoms with Crippen molar-refractivity contribution in [3.63, 3.8) is 0 Å². The molecule has 0 fully saturated rings. The second-order valence-corrected chi connectivity index (χ2v) is 6.75. The SMILES string of the molecule is CCc1nc(Nc2c(CC)cccc2CC)c2cnn(-c3ccccc3)c2n1. The average Bonchev–Trinajstić information content (AvgIpc) is 3.18. The third-order valence-electron chi connectivity index (χ3n) is 5.03. The Morgan fingerprint density at radius 1 is 0.821 bits per heavy atom. The quantitative estimate of drug-likeness (QED) is 0.503. The Labute approximate surface area is 165 Å². The molecule has 142 valence electrons. The smallest absolute Gasteiger partial charge is 0.168 e. The molecule has 0 spiro atoms. The van der Waals surface area contributed by atoms with Gasteiger partial charge in [-0.1, -0.05) is 57.2 Å². The minimum Gasteiger partial charge on any atom is -0.339 e. The highest BCUT2D eigenvalue weighted by Gasteiger charge is 2.15. The van der Waals surface area contributed by atoms with Crippen LogP contribution in [0.3, 0.4) is 0 Å². The summed E-state index contributed by atoms with van der Waals surface area (Å²) >= 11 is 0. The van der Waals surface area contributed by atoms with Crippen molar-refractivity contribution in [1.82, 2.24) is 19.7 Å². The highest BCUT2D eigenvalue weighted by molar-refractivity contribution is 5.90. The number of rotatable bonds is 6. The fourth-order valence-corrected chi connectivity index (χ4v) is 3.49. The number of hydrogen-bond acceptors (Lipinski definition) is 4. The van der Waals surface area contributed by atoms with Crippen molar-refractivity contribution in [3.8, 4) is 5.69 Å². The maximum atomic E-state index is 4.80. The van der Waals surface area contributed by atoms with Gasteiger partial charge in [-0.2, -0.15) is 5.10 Å². The molecule has 0 bridgehead atoms. The summed E-state index contributed by atoms with van der Waals surface area (Å²) in [6.07, 6.45) is 4.55. The fourth-order valence-electron chi connectivity index (χ4n) is 3.49. The molecule has 2 heterocycles. The minimum absolute atomic E-state index is 0.765. The van der Waals surface area contributed by atoms with Gasteiger partial charge in [-0.25, -0.2) is 14.6 Å². The van der Waals surface area contributed by atoms with Crippen LogP contribution in [0, 0.1) is 0 Å². The van der Waals surface area contributed by atoms with Crippen LogP contribution in [-0.2, 0) is 19.3 Å². The zero-order valence-corrected chi connectivity index (χ0v) is 16.6. The Bertz CT molecular complexity index is 1080. The number of aromatic nitrogens is 4. The number of fused-ring (bicyclic) bond motifs is 1. The second-order valence-electron chi connectivity index (χ2n) is 6.75. The molecule has 0 saturated heterocycles. The van der Waals surface area contributed by atoms with Gasteiger partial charge in [-0.15, -0.1) is 0 Å². The van der Waals surface area contributed by atoms with E-state index in [1.54, 1.807) is 0 Å². The fraction of sp³-hybridized carbons (Fsp3) is 0.261. The molecule has 1 N–H and O–H groups in total. The number of nitrogens with zero attached hydrogens (tertiary/aromatic N) is 4. The zero-order chi connectivity index (χ0) is 19.5. The van der Waals surface area contributed by atoms with E-state index in [2.05, 4.69) is 49.4 Å². The standard InChI is InChI=1S/C23H25N5/c1-4-16-11-10-12-17(5-2)21(16)27-22-19-15-24-28(18-13-8-7-9-14-18)23(19)26-20(6-3)25-22/h7-15H,4-6H2,1-3H3,(H,25,26,27). The molecule has 0 amide bonds. The molecule has 5 nitrogen and oxygen atoms in total. The Morgan fingerprint density at radius 3 is 2.18 bits per heavy atom. The lowest BCUT2D eigenvalue weighted by molar-refractivity contribution is 0.878. The molecule has 4 rings (SSSR count). The van der Waals surface area contributed by atoms with Gasteiger partial charge < -0.3 is 5.32 Å². The molecule has 0 atom stereocenters. The number of benzene rings is 2. The number of nitrogens with one attached hydrogen (secondary N) is 1. The lowest BCUT2D eigenvalue weighted by Gasteiger charge is -2.16. The van der Waals surface area contributed by atoms with Crippen LogP contribution in [0.25, 0.3) is 16.7 Å². The van der Waals surface area contributed by atoms with E-state index in [1.165, 1.54) is 11.1 Å². The summed E-state index contributed by atoms with van der Waals surface area (Å²) in [5.41, 5.74) is 5.56. The molecule has 5 heteroatoms. The monoisotopic (exact) mass is 371 g/mol. The van der Waals surface area contributed by atoms with Crippen molar-refractivity contribution in [3.05, 3.63) is 71.7 Å². The predicted octanol–water partition coefficient (Wildman–Crippen LogP) is 5.25. The summed E-state index contributed by atoms with van der Waals surface area (Å²) in [7, 11) is 0. The van der Waals surface area contributed by atoms with Crippen LogP contribution in [0.5, 0.6) is 0 Å². The van der Waals surface area contributed by atoms with Crippen LogP contribution in [0.4, 0.5) is 11.5 Å². The van der Waals surface area contributed by atoms with E-state index in [0.29, 0.717) is 0 Å². The van der Waals surface area contributed by atoms with Gasteiger partial charge >= 0.3 is 0 Å². The van der Waals surface area contributed by atoms with Gasteiger partial charge in [0.1, 0.15) is 11.6 Å². The number of anilines is 2. The second kappa shape index (κ2) is 7.80. The van der Waals surface area contributed by atoms with Gasteiger partial charge in [0.15, 0.2) is 5.65 Å². The third kappa shape index (κ3) is 3.24. The van der Waals surface area contributed by atoms with Crippen LogP contribution < -0.4 is 5.32 Å². The van der Waals surface area contributed by atoms with Gasteiger partial charge in [-0.05, 0) is 36.1 Å². The van der Waals surface area contributed by atoms with Crippen molar-refractivity contribution >= 4 is 22.5 Å². The summed E-state index contributed by atoms with van der Waals surface area (Å²) < 4.78 is 1.88. The first-order valence-electron chi connectivity index (χ1n) is 9.93. The van der Waals surface area contributed by atoms with Crippen LogP contribution >= 0.6 is 0 Å². The number of para-hydroxylation sites is 2. The van der Waals surface area contributed by atoms with E-state index in [0.717, 1.165) is 53.3 Å². The maximum Gasteiger partial charge on any atom is 0.168 e. The third-order valence-corrected chi connectivity index (χ3v) is 5.03. The summed E-state index contributed by atoms with van der Waals surface area (Å²) in [6, 6.07) is 16.6. The first kappa shape index (κ1) is 18.2. The predicted molar refractivity (Wildman–Crippen MR) is 115 cm³/mol. The molecule has 0 aliphatic carbocycles. The van der Waals surface area contributed by atoms with Gasteiger partial charge in [0.25, 0.3) is 0 Å². The van der Waals surface area contributed by atoms with E-state index < -0.39 is 0 Å². The summed E-state index contributed by atoms with van der Waals surface area (Å²) in [5, 5.41) is 9.15. The molecule has 4 aromatic rings. The first-order valence-corrected chi connectivity index (χ1v) is 9.93. The van der Waals surface area contributed by atoms with E-state index in [-0.39, 0.29) is 0 Å². The Morgan fingerprint density at radius 2 is 1.54 bits per heavy atom. The van der Waals surface area contributed by atoms with Crippen molar-refractivity contribution < 1.29 is 0 Å². The topological polar surface area (TPSA) is 55.6 Å². The van der Waals surface area contributed by atoms with Crippen molar-refractivity contribution in [2.24, 2.45) is 0 Å². The molecule has 2 aromatic heterocycles. The lowest BCUT2D eigenvalue weighted by atomic mass is 10.0. The van der Waals surface area contributed by atoms with Crippen LogP contribution in [0.15, 0.2) is 54.7 Å². The van der Waals surface area contributed by atoms with Crippen LogP contribution in [-0.4, -0.2) is 19.7 Å². The zero-order valence-electron chi connectivity index (χ0n) is 16.6. The highest BCUT2D eigenvalue weighted by Crippen LogP contribution is 2.30. The van der Waals surface area contributed by atoms with E-state index in [4.69, 9.17) is 9.97 Å².